The number of urea groups is 1. The predicted molar refractivity (Wildman–Crippen MR) is 99.5 cm³/mol. The first-order valence-electron chi connectivity index (χ1n) is 9.23. The van der Waals surface area contributed by atoms with Crippen molar-refractivity contribution in [1.82, 2.24) is 9.88 Å². The largest absolute Gasteiger partial charge is 0.421 e. The zero-order valence-electron chi connectivity index (χ0n) is 14.6. The molecule has 0 bridgehead atoms. The molecule has 0 atom stereocenters. The van der Waals surface area contributed by atoms with Crippen LogP contribution in [-0.2, 0) is 0 Å². The Labute approximate surface area is 156 Å². The number of nitrogens with zero attached hydrogens (tertiary/aromatic N) is 3. The second kappa shape index (κ2) is 7.31. The number of likely N-dealkylation sites (tertiary alicyclic amines) is 1. The van der Waals surface area contributed by atoms with E-state index in [2.05, 4.69) is 10.3 Å². The third-order valence-corrected chi connectivity index (χ3v) is 5.35. The van der Waals surface area contributed by atoms with E-state index < -0.39 is 5.82 Å². The standard InChI is InChI=1S/C18H22ClFN4O2/c19-12-11-13(20)15(21-17(25)23-7-3-1-4-8-23)16-14(12)22-18(26-16)24-9-5-2-6-10-24/h11H,1-10H2,(H,21,25). The minimum absolute atomic E-state index is 0.00994. The fourth-order valence-corrected chi connectivity index (χ4v) is 3.84. The minimum atomic E-state index is -0.616. The molecule has 0 saturated carbocycles. The summed E-state index contributed by atoms with van der Waals surface area (Å²) in [7, 11) is 0. The van der Waals surface area contributed by atoms with Crippen LogP contribution in [0.15, 0.2) is 10.5 Å². The number of carbonyl (C=O) groups excluding carboxylic acids is 1. The number of piperidine rings is 2. The van der Waals surface area contributed by atoms with E-state index in [1.165, 1.54) is 12.5 Å². The average Bonchev–Trinajstić information content (AvgIpc) is 3.12. The van der Waals surface area contributed by atoms with Gasteiger partial charge in [0.1, 0.15) is 11.2 Å². The van der Waals surface area contributed by atoms with Crippen LogP contribution in [0.1, 0.15) is 38.5 Å². The molecule has 4 rings (SSSR count). The quantitative estimate of drug-likeness (QED) is 0.825. The lowest BCUT2D eigenvalue weighted by atomic mass is 10.1. The Morgan fingerprint density at radius 1 is 1.12 bits per heavy atom. The highest BCUT2D eigenvalue weighted by atomic mass is 35.5. The average molecular weight is 381 g/mol. The molecule has 2 aliphatic rings. The monoisotopic (exact) mass is 380 g/mol. The van der Waals surface area contributed by atoms with Gasteiger partial charge in [-0.2, -0.15) is 4.98 Å². The van der Waals surface area contributed by atoms with Crippen LogP contribution < -0.4 is 10.2 Å². The number of nitrogens with one attached hydrogen (secondary N) is 1. The van der Waals surface area contributed by atoms with Crippen molar-refractivity contribution in [3.63, 3.8) is 0 Å². The Morgan fingerprint density at radius 2 is 1.77 bits per heavy atom. The van der Waals surface area contributed by atoms with Gasteiger partial charge in [0.25, 0.3) is 6.01 Å². The molecule has 1 aromatic heterocycles. The molecule has 6 nitrogen and oxygen atoms in total. The van der Waals surface area contributed by atoms with E-state index in [4.69, 9.17) is 16.0 Å². The van der Waals surface area contributed by atoms with Crippen molar-refractivity contribution in [2.24, 2.45) is 0 Å². The maximum Gasteiger partial charge on any atom is 0.322 e. The number of amides is 2. The molecule has 1 aromatic carbocycles. The number of rotatable bonds is 2. The molecule has 8 heteroatoms. The molecule has 2 amide bonds. The molecule has 140 valence electrons. The van der Waals surface area contributed by atoms with E-state index in [0.29, 0.717) is 24.6 Å². The van der Waals surface area contributed by atoms with Crippen LogP contribution in [0, 0.1) is 5.82 Å². The maximum absolute atomic E-state index is 14.5. The van der Waals surface area contributed by atoms with Crippen molar-refractivity contribution in [3.05, 3.63) is 16.9 Å². The van der Waals surface area contributed by atoms with Crippen molar-refractivity contribution in [2.75, 3.05) is 36.4 Å². The summed E-state index contributed by atoms with van der Waals surface area (Å²) in [6.45, 7) is 3.06. The molecule has 0 spiro atoms. The number of oxazole rings is 1. The smallest absolute Gasteiger partial charge is 0.322 e. The lowest BCUT2D eigenvalue weighted by Gasteiger charge is -2.26. The fourth-order valence-electron chi connectivity index (χ4n) is 3.62. The van der Waals surface area contributed by atoms with Crippen LogP contribution in [-0.4, -0.2) is 42.1 Å². The molecule has 1 N–H and O–H groups in total. The van der Waals surface area contributed by atoms with Crippen LogP contribution >= 0.6 is 11.6 Å². The Kier molecular flexibility index (Phi) is 4.89. The Morgan fingerprint density at radius 3 is 2.46 bits per heavy atom. The van der Waals surface area contributed by atoms with Gasteiger partial charge >= 0.3 is 6.03 Å². The molecule has 2 aromatic rings. The number of anilines is 2. The second-order valence-electron chi connectivity index (χ2n) is 6.91. The minimum Gasteiger partial charge on any atom is -0.421 e. The van der Waals surface area contributed by atoms with Gasteiger partial charge in [0.15, 0.2) is 11.4 Å². The molecule has 0 aliphatic carbocycles. The van der Waals surface area contributed by atoms with E-state index >= 15 is 0 Å². The van der Waals surface area contributed by atoms with Crippen LogP contribution in [0.5, 0.6) is 0 Å². The molecule has 2 saturated heterocycles. The van der Waals surface area contributed by atoms with Crippen molar-refractivity contribution in [1.29, 1.82) is 0 Å². The van der Waals surface area contributed by atoms with Gasteiger partial charge in [0.05, 0.1) is 5.02 Å². The highest BCUT2D eigenvalue weighted by Crippen LogP contribution is 2.36. The van der Waals surface area contributed by atoms with Crippen molar-refractivity contribution >= 4 is 40.4 Å². The fraction of sp³-hybridized carbons (Fsp3) is 0.556. The number of carbonyl (C=O) groups is 1. The summed E-state index contributed by atoms with van der Waals surface area (Å²) in [6.07, 6.45) is 6.37. The summed E-state index contributed by atoms with van der Waals surface area (Å²) in [5.41, 5.74) is 0.583. The summed E-state index contributed by atoms with van der Waals surface area (Å²) in [5, 5.41) is 2.85. The summed E-state index contributed by atoms with van der Waals surface area (Å²) >= 11 is 6.17. The number of fused-ring (bicyclic) bond motifs is 1. The first-order chi connectivity index (χ1) is 12.6. The third-order valence-electron chi connectivity index (χ3n) is 5.06. The molecule has 0 radical (unpaired) electrons. The summed E-state index contributed by atoms with van der Waals surface area (Å²) in [4.78, 5) is 20.7. The van der Waals surface area contributed by atoms with Gasteiger partial charge in [-0.15, -0.1) is 0 Å². The number of hydrogen-bond acceptors (Lipinski definition) is 4. The molecule has 2 aliphatic heterocycles. The summed E-state index contributed by atoms with van der Waals surface area (Å²) in [5.74, 6) is -0.616. The zero-order chi connectivity index (χ0) is 18.1. The van der Waals surface area contributed by atoms with Crippen molar-refractivity contribution < 1.29 is 13.6 Å². The van der Waals surface area contributed by atoms with Crippen LogP contribution in [0.4, 0.5) is 20.9 Å². The SMILES string of the molecule is O=C(Nc1c(F)cc(Cl)c2nc(N3CCCCC3)oc12)N1CCCCC1. The van der Waals surface area contributed by atoms with Crippen molar-refractivity contribution in [3.8, 4) is 0 Å². The zero-order valence-corrected chi connectivity index (χ0v) is 15.3. The van der Waals surface area contributed by atoms with Gasteiger partial charge in [-0.25, -0.2) is 9.18 Å². The Hall–Kier alpha value is -2.02. The van der Waals surface area contributed by atoms with Gasteiger partial charge in [-0.05, 0) is 44.6 Å². The number of benzene rings is 1. The number of halogens is 2. The Balaban J connectivity index is 1.66. The maximum atomic E-state index is 14.5. The Bertz CT molecular complexity index is 813. The van der Waals surface area contributed by atoms with Gasteiger partial charge in [-0.1, -0.05) is 11.6 Å². The highest BCUT2D eigenvalue weighted by Gasteiger charge is 2.25. The lowest BCUT2D eigenvalue weighted by molar-refractivity contribution is 0.200. The molecular formula is C18H22ClFN4O2. The molecule has 3 heterocycles. The molecule has 2 fully saturated rings. The lowest BCUT2D eigenvalue weighted by Crippen LogP contribution is -2.38. The summed E-state index contributed by atoms with van der Waals surface area (Å²) < 4.78 is 20.4. The van der Waals surface area contributed by atoms with E-state index in [1.54, 1.807) is 4.90 Å². The van der Waals surface area contributed by atoms with Crippen LogP contribution in [0.2, 0.25) is 5.02 Å². The normalized spacial score (nSPS) is 18.4. The predicted octanol–water partition coefficient (Wildman–Crippen LogP) is 4.63. The first-order valence-corrected chi connectivity index (χ1v) is 9.60. The van der Waals surface area contributed by atoms with Crippen LogP contribution in [0.3, 0.4) is 0 Å². The van der Waals surface area contributed by atoms with Gasteiger partial charge < -0.3 is 19.5 Å². The third kappa shape index (κ3) is 3.32. The highest BCUT2D eigenvalue weighted by molar-refractivity contribution is 6.35. The van der Waals surface area contributed by atoms with E-state index in [-0.39, 0.29) is 22.3 Å². The van der Waals surface area contributed by atoms with E-state index in [0.717, 1.165) is 45.2 Å². The first kappa shape index (κ1) is 17.4. The van der Waals surface area contributed by atoms with E-state index in [1.807, 2.05) is 4.90 Å². The van der Waals surface area contributed by atoms with Crippen molar-refractivity contribution in [2.45, 2.75) is 38.5 Å². The second-order valence-corrected chi connectivity index (χ2v) is 7.32. The van der Waals surface area contributed by atoms with Crippen LogP contribution in [0.25, 0.3) is 11.1 Å². The van der Waals surface area contributed by atoms with Gasteiger partial charge in [0, 0.05) is 26.2 Å². The van der Waals surface area contributed by atoms with Gasteiger partial charge in [0.2, 0.25) is 0 Å². The molecule has 0 unspecified atom stereocenters. The number of aromatic nitrogens is 1. The molecule has 26 heavy (non-hydrogen) atoms. The van der Waals surface area contributed by atoms with Gasteiger partial charge in [-0.3, -0.25) is 0 Å². The van der Waals surface area contributed by atoms with E-state index in [9.17, 15) is 9.18 Å². The topological polar surface area (TPSA) is 61.6 Å². The summed E-state index contributed by atoms with van der Waals surface area (Å²) in [6, 6.07) is 1.29. The molecular weight excluding hydrogens is 359 g/mol. The number of hydrogen-bond donors (Lipinski definition) is 1.